The van der Waals surface area contributed by atoms with Gasteiger partial charge in [-0.1, -0.05) is 11.2 Å². The first kappa shape index (κ1) is 14.6. The quantitative estimate of drug-likeness (QED) is 0.388. The number of ether oxygens (including phenoxy) is 1. The van der Waals surface area contributed by atoms with Gasteiger partial charge in [0.05, 0.1) is 18.4 Å². The summed E-state index contributed by atoms with van der Waals surface area (Å²) in [5.74, 6) is 0.443. The Morgan fingerprint density at radius 2 is 2.05 bits per heavy atom. The van der Waals surface area contributed by atoms with Gasteiger partial charge in [0.1, 0.15) is 5.75 Å². The van der Waals surface area contributed by atoms with Crippen LogP contribution in [0.2, 0.25) is 0 Å². The number of nitrogens with two attached hydrogens (primary N) is 1. The maximum atomic E-state index is 12.7. The van der Waals surface area contributed by atoms with Gasteiger partial charge in [-0.25, -0.2) is 0 Å². The van der Waals surface area contributed by atoms with E-state index in [1.807, 2.05) is 13.0 Å². The fraction of sp³-hybridized carbons (Fsp3) is 0.200. The lowest BCUT2D eigenvalue weighted by Crippen LogP contribution is -2.31. The zero-order valence-corrected chi connectivity index (χ0v) is 12.1. The van der Waals surface area contributed by atoms with E-state index in [1.165, 1.54) is 4.57 Å². The minimum Gasteiger partial charge on any atom is -0.497 e. The third-order valence-electron chi connectivity index (χ3n) is 3.26. The summed E-state index contributed by atoms with van der Waals surface area (Å²) in [5.41, 5.74) is 7.53. The molecule has 0 bridgehead atoms. The van der Waals surface area contributed by atoms with Gasteiger partial charge in [-0.2, -0.15) is 0 Å². The largest absolute Gasteiger partial charge is 0.497 e. The molecule has 0 unspecified atom stereocenters. The summed E-state index contributed by atoms with van der Waals surface area (Å²) in [6.45, 7) is 3.57. The molecule has 21 heavy (non-hydrogen) atoms. The Kier molecular flexibility index (Phi) is 3.98. The number of oxime groups is 1. The van der Waals surface area contributed by atoms with Crippen LogP contribution in [0.4, 0.5) is 0 Å². The summed E-state index contributed by atoms with van der Waals surface area (Å²) in [4.78, 5) is 12.7. The number of nitrogens with zero attached hydrogens (tertiary/aromatic N) is 2. The second kappa shape index (κ2) is 5.70. The van der Waals surface area contributed by atoms with Crippen molar-refractivity contribution in [3.8, 4) is 11.4 Å². The van der Waals surface area contributed by atoms with Crippen molar-refractivity contribution in [2.75, 3.05) is 7.11 Å². The molecule has 110 valence electrons. The molecular formula is C15H17N3O3. The minimum absolute atomic E-state index is 0.186. The summed E-state index contributed by atoms with van der Waals surface area (Å²) in [6.07, 6.45) is 0. The lowest BCUT2D eigenvalue weighted by molar-refractivity contribution is 0.318. The zero-order chi connectivity index (χ0) is 15.6. The van der Waals surface area contributed by atoms with Gasteiger partial charge in [0.15, 0.2) is 5.84 Å². The van der Waals surface area contributed by atoms with E-state index in [2.05, 4.69) is 5.16 Å². The van der Waals surface area contributed by atoms with Crippen molar-refractivity contribution in [1.82, 2.24) is 4.57 Å². The lowest BCUT2D eigenvalue weighted by Gasteiger charge is -2.14. The van der Waals surface area contributed by atoms with Crippen molar-refractivity contribution in [1.29, 1.82) is 0 Å². The van der Waals surface area contributed by atoms with Crippen LogP contribution < -0.4 is 16.0 Å². The maximum absolute atomic E-state index is 12.7. The van der Waals surface area contributed by atoms with Gasteiger partial charge in [-0.05, 0) is 37.6 Å². The van der Waals surface area contributed by atoms with E-state index in [0.29, 0.717) is 17.0 Å². The molecule has 6 nitrogen and oxygen atoms in total. The predicted molar refractivity (Wildman–Crippen MR) is 80.6 cm³/mol. The third-order valence-corrected chi connectivity index (χ3v) is 3.26. The standard InChI is InChI=1S/C15H17N3O3/c1-9-7-10(2)18(15(19)13(9)14(16)17-20)11-5-4-6-12(8-11)21-3/h4-8,20H,1-3H3,(H2,16,17). The van der Waals surface area contributed by atoms with Crippen LogP contribution in [-0.2, 0) is 0 Å². The van der Waals surface area contributed by atoms with Crippen LogP contribution >= 0.6 is 0 Å². The van der Waals surface area contributed by atoms with Crippen molar-refractivity contribution < 1.29 is 9.94 Å². The summed E-state index contributed by atoms with van der Waals surface area (Å²) < 4.78 is 6.68. The molecule has 0 saturated heterocycles. The average Bonchev–Trinajstić information content (AvgIpc) is 2.46. The molecule has 2 aromatic rings. The van der Waals surface area contributed by atoms with E-state index in [1.54, 1.807) is 38.3 Å². The number of aromatic nitrogens is 1. The molecule has 1 aromatic carbocycles. The SMILES string of the molecule is COc1cccc(-n2c(C)cc(C)c(/C(N)=N\O)c2=O)c1. The Labute approximate surface area is 122 Å². The van der Waals surface area contributed by atoms with Crippen LogP contribution in [-0.4, -0.2) is 22.7 Å². The molecule has 6 heteroatoms. The Hall–Kier alpha value is -2.76. The monoisotopic (exact) mass is 287 g/mol. The van der Waals surface area contributed by atoms with Crippen molar-refractivity contribution in [3.05, 3.63) is 57.5 Å². The normalized spacial score (nSPS) is 11.5. The Bertz CT molecular complexity index is 763. The van der Waals surface area contributed by atoms with Gasteiger partial charge in [0, 0.05) is 11.8 Å². The number of amidine groups is 1. The fourth-order valence-corrected chi connectivity index (χ4v) is 2.32. The molecule has 1 aromatic heterocycles. The lowest BCUT2D eigenvalue weighted by atomic mass is 10.1. The molecule has 0 aliphatic rings. The first-order valence-electron chi connectivity index (χ1n) is 6.35. The average molecular weight is 287 g/mol. The fourth-order valence-electron chi connectivity index (χ4n) is 2.32. The molecule has 0 fully saturated rings. The number of benzene rings is 1. The van der Waals surface area contributed by atoms with Gasteiger partial charge in [-0.3, -0.25) is 9.36 Å². The van der Waals surface area contributed by atoms with E-state index in [0.717, 1.165) is 5.69 Å². The van der Waals surface area contributed by atoms with E-state index < -0.39 is 0 Å². The van der Waals surface area contributed by atoms with Crippen molar-refractivity contribution >= 4 is 5.84 Å². The molecule has 0 radical (unpaired) electrons. The van der Waals surface area contributed by atoms with Gasteiger partial charge >= 0.3 is 0 Å². The van der Waals surface area contributed by atoms with Crippen LogP contribution in [0.1, 0.15) is 16.8 Å². The van der Waals surface area contributed by atoms with Crippen molar-refractivity contribution in [3.63, 3.8) is 0 Å². The highest BCUT2D eigenvalue weighted by atomic mass is 16.5. The van der Waals surface area contributed by atoms with Crippen LogP contribution in [0.25, 0.3) is 5.69 Å². The number of methoxy groups -OCH3 is 1. The highest BCUT2D eigenvalue weighted by Gasteiger charge is 2.15. The van der Waals surface area contributed by atoms with Crippen LogP contribution in [0.5, 0.6) is 5.75 Å². The topological polar surface area (TPSA) is 89.8 Å². The molecule has 2 rings (SSSR count). The number of pyridine rings is 1. The number of rotatable bonds is 3. The Balaban J connectivity index is 2.77. The van der Waals surface area contributed by atoms with E-state index in [4.69, 9.17) is 15.7 Å². The molecule has 0 atom stereocenters. The molecule has 3 N–H and O–H groups in total. The number of aryl methyl sites for hydroxylation is 2. The maximum Gasteiger partial charge on any atom is 0.266 e. The van der Waals surface area contributed by atoms with Crippen LogP contribution in [0.3, 0.4) is 0 Å². The van der Waals surface area contributed by atoms with E-state index >= 15 is 0 Å². The predicted octanol–water partition coefficient (Wildman–Crippen LogP) is 1.56. The molecular weight excluding hydrogens is 270 g/mol. The highest BCUT2D eigenvalue weighted by molar-refractivity contribution is 5.98. The molecule has 0 saturated carbocycles. The summed E-state index contributed by atoms with van der Waals surface area (Å²) in [7, 11) is 1.56. The van der Waals surface area contributed by atoms with Crippen LogP contribution in [0, 0.1) is 13.8 Å². The van der Waals surface area contributed by atoms with Crippen molar-refractivity contribution in [2.45, 2.75) is 13.8 Å². The first-order valence-corrected chi connectivity index (χ1v) is 6.35. The van der Waals surface area contributed by atoms with Gasteiger partial charge in [-0.15, -0.1) is 0 Å². The third kappa shape index (κ3) is 2.60. The number of hydrogen-bond acceptors (Lipinski definition) is 4. The smallest absolute Gasteiger partial charge is 0.266 e. The molecule has 0 aliphatic carbocycles. The molecule has 0 spiro atoms. The molecule has 0 amide bonds. The molecule has 1 heterocycles. The van der Waals surface area contributed by atoms with E-state index in [-0.39, 0.29) is 17.0 Å². The molecule has 0 aliphatic heterocycles. The second-order valence-electron chi connectivity index (χ2n) is 4.67. The second-order valence-corrected chi connectivity index (χ2v) is 4.67. The number of hydrogen-bond donors (Lipinski definition) is 2. The summed E-state index contributed by atoms with van der Waals surface area (Å²) in [6, 6.07) is 8.95. The zero-order valence-electron chi connectivity index (χ0n) is 12.1. The highest BCUT2D eigenvalue weighted by Crippen LogP contribution is 2.17. The minimum atomic E-state index is -0.337. The summed E-state index contributed by atoms with van der Waals surface area (Å²) >= 11 is 0. The van der Waals surface area contributed by atoms with Crippen molar-refractivity contribution in [2.24, 2.45) is 10.9 Å². The van der Waals surface area contributed by atoms with Gasteiger partial charge in [0.25, 0.3) is 5.56 Å². The van der Waals surface area contributed by atoms with Gasteiger partial charge < -0.3 is 15.7 Å². The summed E-state index contributed by atoms with van der Waals surface area (Å²) in [5, 5.41) is 11.8. The van der Waals surface area contributed by atoms with Crippen LogP contribution in [0.15, 0.2) is 40.3 Å². The Morgan fingerprint density at radius 1 is 1.33 bits per heavy atom. The first-order chi connectivity index (χ1) is 9.99. The van der Waals surface area contributed by atoms with E-state index in [9.17, 15) is 4.79 Å². The Morgan fingerprint density at radius 3 is 2.67 bits per heavy atom. The van der Waals surface area contributed by atoms with Gasteiger partial charge in [0.2, 0.25) is 0 Å².